The third kappa shape index (κ3) is 2.21. The fourth-order valence-electron chi connectivity index (χ4n) is 1.27. The van der Waals surface area contributed by atoms with E-state index in [9.17, 15) is 0 Å². The molecular formula is C8H14N4. The summed E-state index contributed by atoms with van der Waals surface area (Å²) in [6.07, 6.45) is 1.81. The van der Waals surface area contributed by atoms with E-state index in [0.717, 1.165) is 32.0 Å². The van der Waals surface area contributed by atoms with E-state index in [1.54, 1.807) is 0 Å². The Morgan fingerprint density at radius 3 is 2.42 bits per heavy atom. The van der Waals surface area contributed by atoms with Crippen LogP contribution in [0.25, 0.3) is 0 Å². The number of likely N-dealkylation sites (N-methyl/N-ethyl adjacent to an activating group) is 1. The molecule has 0 aromatic rings. The number of hydrogen-bond donors (Lipinski definition) is 0. The Labute approximate surface area is 73.1 Å². The van der Waals surface area contributed by atoms with Crippen molar-refractivity contribution >= 4 is 5.84 Å². The predicted molar refractivity (Wildman–Crippen MR) is 47.8 cm³/mol. The fraction of sp³-hybridized carbons (Fsp3) is 0.750. The molecule has 0 unspecified atom stereocenters. The first-order valence-corrected chi connectivity index (χ1v) is 4.11. The summed E-state index contributed by atoms with van der Waals surface area (Å²) in [5, 5.41) is 8.34. The molecule has 0 aliphatic carbocycles. The molecular weight excluding hydrogens is 152 g/mol. The van der Waals surface area contributed by atoms with Gasteiger partial charge in [-0.1, -0.05) is 0 Å². The lowest BCUT2D eigenvalue weighted by atomic mass is 10.3. The number of hydrogen-bond acceptors (Lipinski definition) is 3. The number of nitriles is 1. The van der Waals surface area contributed by atoms with E-state index < -0.39 is 0 Å². The Kier molecular flexibility index (Phi) is 3.06. The molecule has 0 radical (unpaired) electrons. The van der Waals surface area contributed by atoms with Crippen LogP contribution in [0.5, 0.6) is 0 Å². The molecule has 66 valence electrons. The Hall–Kier alpha value is -1.08. The van der Waals surface area contributed by atoms with Gasteiger partial charge >= 0.3 is 0 Å². The second-order valence-corrected chi connectivity index (χ2v) is 3.05. The molecule has 1 rings (SSSR count). The molecule has 4 nitrogen and oxygen atoms in total. The molecule has 4 heteroatoms. The quantitative estimate of drug-likeness (QED) is 0.292. The Morgan fingerprint density at radius 2 is 1.92 bits per heavy atom. The standard InChI is InChI=1S/C8H14N4/c1-8(10-7-9)12-5-3-11(2)4-6-12/h3-6H2,1-2H3. The molecule has 1 saturated heterocycles. The summed E-state index contributed by atoms with van der Waals surface area (Å²) in [7, 11) is 2.11. The predicted octanol–water partition coefficient (Wildman–Crippen LogP) is 0.133. The summed E-state index contributed by atoms with van der Waals surface area (Å²) >= 11 is 0. The van der Waals surface area contributed by atoms with Crippen LogP contribution in [0.1, 0.15) is 6.92 Å². The zero-order chi connectivity index (χ0) is 8.97. The van der Waals surface area contributed by atoms with Crippen molar-refractivity contribution in [2.24, 2.45) is 4.99 Å². The zero-order valence-corrected chi connectivity index (χ0v) is 7.62. The molecule has 1 fully saturated rings. The van der Waals surface area contributed by atoms with E-state index in [-0.39, 0.29) is 0 Å². The molecule has 0 saturated carbocycles. The molecule has 0 spiro atoms. The van der Waals surface area contributed by atoms with Crippen molar-refractivity contribution in [1.29, 1.82) is 5.26 Å². The first-order chi connectivity index (χ1) is 5.74. The minimum atomic E-state index is 0.839. The lowest BCUT2D eigenvalue weighted by Gasteiger charge is -2.33. The van der Waals surface area contributed by atoms with Crippen molar-refractivity contribution in [2.75, 3.05) is 33.2 Å². The highest BCUT2D eigenvalue weighted by Crippen LogP contribution is 1.99. The average Bonchev–Trinajstić information content (AvgIpc) is 2.06. The number of piperazine rings is 1. The van der Waals surface area contributed by atoms with Gasteiger partial charge in [-0.05, 0) is 14.0 Å². The summed E-state index contributed by atoms with van der Waals surface area (Å²) < 4.78 is 0. The van der Waals surface area contributed by atoms with Gasteiger partial charge in [-0.3, -0.25) is 0 Å². The van der Waals surface area contributed by atoms with Crippen molar-refractivity contribution < 1.29 is 0 Å². The Balaban J connectivity index is 2.45. The van der Waals surface area contributed by atoms with E-state index in [1.165, 1.54) is 0 Å². The Bertz CT molecular complexity index is 208. The average molecular weight is 166 g/mol. The largest absolute Gasteiger partial charge is 0.357 e. The first kappa shape index (κ1) is 9.01. The SMILES string of the molecule is CC(=NC#N)N1CCN(C)CC1. The topological polar surface area (TPSA) is 42.6 Å². The molecule has 0 aromatic heterocycles. The lowest BCUT2D eigenvalue weighted by molar-refractivity contribution is 0.215. The second-order valence-electron chi connectivity index (χ2n) is 3.05. The van der Waals surface area contributed by atoms with Gasteiger partial charge in [-0.25, -0.2) is 0 Å². The zero-order valence-electron chi connectivity index (χ0n) is 7.62. The molecule has 0 atom stereocenters. The second kappa shape index (κ2) is 4.07. The van der Waals surface area contributed by atoms with Crippen LogP contribution >= 0.6 is 0 Å². The number of nitrogens with zero attached hydrogens (tertiary/aromatic N) is 4. The molecule has 0 bridgehead atoms. The molecule has 1 aliphatic heterocycles. The van der Waals surface area contributed by atoms with Crippen LogP contribution in [0, 0.1) is 11.5 Å². The maximum absolute atomic E-state index is 8.34. The highest BCUT2D eigenvalue weighted by atomic mass is 15.3. The number of rotatable bonds is 0. The summed E-state index contributed by atoms with van der Waals surface area (Å²) in [6.45, 7) is 5.95. The normalized spacial score (nSPS) is 20.8. The highest BCUT2D eigenvalue weighted by molar-refractivity contribution is 5.80. The van der Waals surface area contributed by atoms with Crippen LogP contribution in [0.15, 0.2) is 4.99 Å². The molecule has 1 aliphatic rings. The van der Waals surface area contributed by atoms with Crippen molar-refractivity contribution in [1.82, 2.24) is 9.80 Å². The van der Waals surface area contributed by atoms with Gasteiger partial charge in [0.2, 0.25) is 6.19 Å². The molecule has 0 amide bonds. The van der Waals surface area contributed by atoms with Gasteiger partial charge in [0.1, 0.15) is 5.84 Å². The van der Waals surface area contributed by atoms with Crippen LogP contribution < -0.4 is 0 Å². The van der Waals surface area contributed by atoms with Crippen molar-refractivity contribution in [3.63, 3.8) is 0 Å². The van der Waals surface area contributed by atoms with Crippen molar-refractivity contribution in [3.8, 4) is 6.19 Å². The lowest BCUT2D eigenvalue weighted by Crippen LogP contribution is -2.46. The highest BCUT2D eigenvalue weighted by Gasteiger charge is 2.13. The van der Waals surface area contributed by atoms with E-state index in [4.69, 9.17) is 5.26 Å². The van der Waals surface area contributed by atoms with Crippen LogP contribution in [0.4, 0.5) is 0 Å². The summed E-state index contributed by atoms with van der Waals surface area (Å²) in [5.74, 6) is 0.839. The minimum absolute atomic E-state index is 0.839. The minimum Gasteiger partial charge on any atom is -0.357 e. The number of amidine groups is 1. The molecule has 1 heterocycles. The monoisotopic (exact) mass is 166 g/mol. The number of aliphatic imine (C=N–C) groups is 1. The third-order valence-corrected chi connectivity index (χ3v) is 2.17. The maximum Gasteiger partial charge on any atom is 0.207 e. The van der Waals surface area contributed by atoms with Gasteiger partial charge < -0.3 is 9.80 Å². The summed E-state index contributed by atoms with van der Waals surface area (Å²) in [6, 6.07) is 0. The van der Waals surface area contributed by atoms with Crippen LogP contribution in [-0.2, 0) is 0 Å². The molecule has 12 heavy (non-hydrogen) atoms. The fourth-order valence-corrected chi connectivity index (χ4v) is 1.27. The van der Waals surface area contributed by atoms with E-state index in [0.29, 0.717) is 0 Å². The Morgan fingerprint density at radius 1 is 1.33 bits per heavy atom. The third-order valence-electron chi connectivity index (χ3n) is 2.17. The smallest absolute Gasteiger partial charge is 0.207 e. The summed E-state index contributed by atoms with van der Waals surface area (Å²) in [5.41, 5.74) is 0. The van der Waals surface area contributed by atoms with E-state index in [2.05, 4.69) is 21.8 Å². The van der Waals surface area contributed by atoms with E-state index >= 15 is 0 Å². The summed E-state index contributed by atoms with van der Waals surface area (Å²) in [4.78, 5) is 8.12. The molecule has 0 aromatic carbocycles. The van der Waals surface area contributed by atoms with Crippen LogP contribution in [-0.4, -0.2) is 48.9 Å². The van der Waals surface area contributed by atoms with Gasteiger partial charge in [-0.2, -0.15) is 10.3 Å². The molecule has 0 N–H and O–H groups in total. The van der Waals surface area contributed by atoms with Crippen LogP contribution in [0.3, 0.4) is 0 Å². The van der Waals surface area contributed by atoms with Gasteiger partial charge in [-0.15, -0.1) is 0 Å². The first-order valence-electron chi connectivity index (χ1n) is 4.11. The van der Waals surface area contributed by atoms with E-state index in [1.807, 2.05) is 13.1 Å². The van der Waals surface area contributed by atoms with Gasteiger partial charge in [0.15, 0.2) is 0 Å². The van der Waals surface area contributed by atoms with Gasteiger partial charge in [0.05, 0.1) is 0 Å². The van der Waals surface area contributed by atoms with Gasteiger partial charge in [0.25, 0.3) is 0 Å². The van der Waals surface area contributed by atoms with Crippen LogP contribution in [0.2, 0.25) is 0 Å². The maximum atomic E-state index is 8.34. The van der Waals surface area contributed by atoms with Gasteiger partial charge in [0, 0.05) is 26.2 Å². The van der Waals surface area contributed by atoms with Crippen molar-refractivity contribution in [3.05, 3.63) is 0 Å². The van der Waals surface area contributed by atoms with Crippen molar-refractivity contribution in [2.45, 2.75) is 6.92 Å².